The number of benzene rings is 2. The van der Waals surface area contributed by atoms with Crippen LogP contribution < -0.4 is 9.47 Å². The average molecular weight is 335 g/mol. The van der Waals surface area contributed by atoms with Gasteiger partial charge >= 0.3 is 0 Å². The average Bonchev–Trinajstić information content (AvgIpc) is 3.02. The molecule has 1 fully saturated rings. The maximum Gasteiger partial charge on any atom is 0.161 e. The van der Waals surface area contributed by atoms with Crippen LogP contribution >= 0.6 is 0 Å². The minimum atomic E-state index is 0.255. The Kier molecular flexibility index (Phi) is 4.26. The van der Waals surface area contributed by atoms with Gasteiger partial charge < -0.3 is 9.47 Å². The van der Waals surface area contributed by atoms with Gasteiger partial charge in [0.05, 0.1) is 14.2 Å². The predicted molar refractivity (Wildman–Crippen MR) is 101 cm³/mol. The zero-order valence-electron chi connectivity index (χ0n) is 15.0. The van der Waals surface area contributed by atoms with E-state index in [4.69, 9.17) is 9.47 Å². The van der Waals surface area contributed by atoms with Crippen molar-refractivity contribution in [3.63, 3.8) is 0 Å². The van der Waals surface area contributed by atoms with Crippen molar-refractivity contribution >= 4 is 6.08 Å². The summed E-state index contributed by atoms with van der Waals surface area (Å²) in [5, 5.41) is 0. The van der Waals surface area contributed by atoms with Gasteiger partial charge in [-0.2, -0.15) is 0 Å². The Bertz CT molecular complexity index is 788. The third-order valence-electron chi connectivity index (χ3n) is 5.68. The zero-order chi connectivity index (χ0) is 17.3. The van der Waals surface area contributed by atoms with Crippen molar-refractivity contribution in [2.75, 3.05) is 27.3 Å². The summed E-state index contributed by atoms with van der Waals surface area (Å²) < 4.78 is 10.8. The van der Waals surface area contributed by atoms with Crippen molar-refractivity contribution < 1.29 is 9.47 Å². The van der Waals surface area contributed by atoms with E-state index < -0.39 is 0 Å². The number of allylic oxidation sites excluding steroid dienone is 1. The molecule has 1 aliphatic carbocycles. The standard InChI is InChI=1S/C22H25NO2/c1-24-20-8-7-17(15-21(20)25-2)16-23-13-11-22(12-14-23)10-9-18-5-3-4-6-19(18)22/h3-10,15H,11-14,16H2,1-2H3. The Hall–Kier alpha value is -2.26. The monoisotopic (exact) mass is 335 g/mol. The number of ether oxygens (including phenoxy) is 2. The fourth-order valence-electron chi connectivity index (χ4n) is 4.22. The lowest BCUT2D eigenvalue weighted by Gasteiger charge is -2.39. The van der Waals surface area contributed by atoms with Crippen molar-refractivity contribution in [3.05, 3.63) is 65.2 Å². The van der Waals surface area contributed by atoms with Gasteiger partial charge in [0.1, 0.15) is 0 Å². The van der Waals surface area contributed by atoms with E-state index in [1.807, 2.05) is 6.07 Å². The first-order valence-electron chi connectivity index (χ1n) is 8.96. The van der Waals surface area contributed by atoms with E-state index in [2.05, 4.69) is 53.5 Å². The second-order valence-electron chi connectivity index (χ2n) is 7.04. The van der Waals surface area contributed by atoms with Crippen LogP contribution in [0.15, 0.2) is 48.5 Å². The largest absolute Gasteiger partial charge is 0.493 e. The SMILES string of the molecule is COc1ccc(CN2CCC3(C=Cc4ccccc43)CC2)cc1OC. The van der Waals surface area contributed by atoms with E-state index in [0.29, 0.717) is 0 Å². The number of fused-ring (bicyclic) bond motifs is 2. The van der Waals surface area contributed by atoms with Crippen LogP contribution in [0.2, 0.25) is 0 Å². The van der Waals surface area contributed by atoms with E-state index in [1.54, 1.807) is 14.2 Å². The van der Waals surface area contributed by atoms with Crippen LogP contribution in [0.3, 0.4) is 0 Å². The fraction of sp³-hybridized carbons (Fsp3) is 0.364. The summed E-state index contributed by atoms with van der Waals surface area (Å²) in [6, 6.07) is 15.1. The van der Waals surface area contributed by atoms with Gasteiger partial charge in [-0.15, -0.1) is 0 Å². The maximum absolute atomic E-state index is 5.43. The molecule has 0 atom stereocenters. The Morgan fingerprint density at radius 1 is 0.960 bits per heavy atom. The van der Waals surface area contributed by atoms with E-state index in [9.17, 15) is 0 Å². The van der Waals surface area contributed by atoms with Crippen molar-refractivity contribution in [3.8, 4) is 11.5 Å². The molecule has 2 aliphatic rings. The molecule has 25 heavy (non-hydrogen) atoms. The topological polar surface area (TPSA) is 21.7 Å². The highest BCUT2D eigenvalue weighted by atomic mass is 16.5. The minimum absolute atomic E-state index is 0.255. The third-order valence-corrected chi connectivity index (χ3v) is 5.68. The van der Waals surface area contributed by atoms with Crippen molar-refractivity contribution in [1.82, 2.24) is 4.90 Å². The minimum Gasteiger partial charge on any atom is -0.493 e. The summed E-state index contributed by atoms with van der Waals surface area (Å²) >= 11 is 0. The second-order valence-corrected chi connectivity index (χ2v) is 7.04. The van der Waals surface area contributed by atoms with Gasteiger partial charge in [-0.1, -0.05) is 42.5 Å². The van der Waals surface area contributed by atoms with E-state index in [-0.39, 0.29) is 5.41 Å². The van der Waals surface area contributed by atoms with Gasteiger partial charge in [-0.25, -0.2) is 0 Å². The highest BCUT2D eigenvalue weighted by Gasteiger charge is 2.37. The number of nitrogens with zero attached hydrogens (tertiary/aromatic N) is 1. The molecule has 0 radical (unpaired) electrons. The number of rotatable bonds is 4. The first kappa shape index (κ1) is 16.2. The third kappa shape index (κ3) is 2.93. The molecule has 3 heteroatoms. The first-order chi connectivity index (χ1) is 12.2. The Morgan fingerprint density at radius 2 is 1.72 bits per heavy atom. The maximum atomic E-state index is 5.43. The van der Waals surface area contributed by atoms with Crippen LogP contribution in [0.5, 0.6) is 11.5 Å². The molecule has 0 amide bonds. The van der Waals surface area contributed by atoms with Crippen LogP contribution in [-0.2, 0) is 12.0 Å². The van der Waals surface area contributed by atoms with Gasteiger partial charge in [0.15, 0.2) is 11.5 Å². The van der Waals surface area contributed by atoms with Crippen LogP contribution in [0.4, 0.5) is 0 Å². The second kappa shape index (κ2) is 6.57. The summed E-state index contributed by atoms with van der Waals surface area (Å²) in [5.74, 6) is 1.60. The highest BCUT2D eigenvalue weighted by molar-refractivity contribution is 5.65. The molecule has 1 heterocycles. The fourth-order valence-corrected chi connectivity index (χ4v) is 4.22. The highest BCUT2D eigenvalue weighted by Crippen LogP contribution is 2.43. The molecule has 3 nitrogen and oxygen atoms in total. The van der Waals surface area contributed by atoms with Gasteiger partial charge in [0.2, 0.25) is 0 Å². The van der Waals surface area contributed by atoms with Gasteiger partial charge in [0, 0.05) is 12.0 Å². The lowest BCUT2D eigenvalue weighted by molar-refractivity contribution is 0.177. The van der Waals surface area contributed by atoms with Crippen molar-refractivity contribution in [2.24, 2.45) is 0 Å². The summed E-state index contributed by atoms with van der Waals surface area (Å²) in [6.45, 7) is 3.20. The normalized spacial score (nSPS) is 18.3. The number of hydrogen-bond donors (Lipinski definition) is 0. The molecule has 0 bridgehead atoms. The van der Waals surface area contributed by atoms with Gasteiger partial charge in [-0.3, -0.25) is 4.90 Å². The molecular weight excluding hydrogens is 310 g/mol. The van der Waals surface area contributed by atoms with Crippen LogP contribution in [0.1, 0.15) is 29.5 Å². The zero-order valence-corrected chi connectivity index (χ0v) is 15.0. The molecule has 0 N–H and O–H groups in total. The Morgan fingerprint density at radius 3 is 2.48 bits per heavy atom. The lowest BCUT2D eigenvalue weighted by Crippen LogP contribution is -2.40. The van der Waals surface area contributed by atoms with Gasteiger partial charge in [0.25, 0.3) is 0 Å². The molecule has 1 saturated heterocycles. The van der Waals surface area contributed by atoms with Crippen LogP contribution in [-0.4, -0.2) is 32.2 Å². The van der Waals surface area contributed by atoms with Crippen LogP contribution in [0, 0.1) is 0 Å². The quantitative estimate of drug-likeness (QED) is 0.833. The first-order valence-corrected chi connectivity index (χ1v) is 8.96. The Balaban J connectivity index is 1.44. The van der Waals surface area contributed by atoms with E-state index in [1.165, 1.54) is 29.5 Å². The number of methoxy groups -OCH3 is 2. The summed E-state index contributed by atoms with van der Waals surface area (Å²) in [5.41, 5.74) is 4.44. The summed E-state index contributed by atoms with van der Waals surface area (Å²) in [7, 11) is 3.37. The van der Waals surface area contributed by atoms with Crippen molar-refractivity contribution in [2.45, 2.75) is 24.8 Å². The molecular formula is C22H25NO2. The number of likely N-dealkylation sites (tertiary alicyclic amines) is 1. The molecule has 0 unspecified atom stereocenters. The molecule has 1 aliphatic heterocycles. The molecule has 4 rings (SSSR count). The molecule has 2 aromatic rings. The Labute approximate surface area is 149 Å². The lowest BCUT2D eigenvalue weighted by atomic mass is 9.74. The van der Waals surface area contributed by atoms with E-state index >= 15 is 0 Å². The van der Waals surface area contributed by atoms with Gasteiger partial charge in [-0.05, 0) is 54.8 Å². The predicted octanol–water partition coefficient (Wildman–Crippen LogP) is 4.26. The molecule has 2 aromatic carbocycles. The molecule has 0 saturated carbocycles. The van der Waals surface area contributed by atoms with Crippen LogP contribution in [0.25, 0.3) is 6.08 Å². The summed E-state index contributed by atoms with van der Waals surface area (Å²) in [4.78, 5) is 2.54. The number of hydrogen-bond acceptors (Lipinski definition) is 3. The van der Waals surface area contributed by atoms with Crippen molar-refractivity contribution in [1.29, 1.82) is 0 Å². The van der Waals surface area contributed by atoms with E-state index in [0.717, 1.165) is 31.1 Å². The smallest absolute Gasteiger partial charge is 0.161 e. The molecule has 0 aromatic heterocycles. The summed E-state index contributed by atoms with van der Waals surface area (Å²) in [6.07, 6.45) is 7.12. The number of piperidine rings is 1. The molecule has 130 valence electrons. The molecule has 1 spiro atoms.